The maximum Gasteiger partial charge on any atom is 0.251 e. The molecule has 0 spiro atoms. The molecule has 0 aliphatic heterocycles. The summed E-state index contributed by atoms with van der Waals surface area (Å²) in [5.41, 5.74) is 7.27. The van der Waals surface area contributed by atoms with Crippen molar-refractivity contribution >= 4 is 17.6 Å². The van der Waals surface area contributed by atoms with E-state index >= 15 is 0 Å². The Morgan fingerprint density at radius 3 is 2.58 bits per heavy atom. The Labute approximate surface area is 114 Å². The summed E-state index contributed by atoms with van der Waals surface area (Å²) in [6, 6.07) is 4.86. The van der Waals surface area contributed by atoms with Gasteiger partial charge in [-0.2, -0.15) is 0 Å². The Hall–Kier alpha value is -2.15. The van der Waals surface area contributed by atoms with Crippen LogP contribution in [0.5, 0.6) is 0 Å². The fraction of sp³-hybridized carbons (Fsp3) is 0.167. The molecule has 7 heteroatoms. The second kappa shape index (κ2) is 5.23. The van der Waals surface area contributed by atoms with Crippen molar-refractivity contribution in [3.8, 4) is 0 Å². The Kier molecular flexibility index (Phi) is 3.66. The van der Waals surface area contributed by atoms with Crippen LogP contribution in [0.25, 0.3) is 0 Å². The molecule has 0 aliphatic rings. The van der Waals surface area contributed by atoms with Gasteiger partial charge in [0, 0.05) is 23.0 Å². The molecule has 6 nitrogen and oxygen atoms in total. The zero-order valence-electron chi connectivity index (χ0n) is 10.5. The third kappa shape index (κ3) is 3.41. The molecule has 2 heterocycles. The summed E-state index contributed by atoms with van der Waals surface area (Å²) >= 11 is 1.23. The molecule has 0 aliphatic carbocycles. The quantitative estimate of drug-likeness (QED) is 0.443. The van der Waals surface area contributed by atoms with Gasteiger partial charge >= 0.3 is 0 Å². The van der Waals surface area contributed by atoms with E-state index in [-0.39, 0.29) is 11.4 Å². The highest BCUT2D eigenvalue weighted by atomic mass is 32.2. The highest BCUT2D eigenvalue weighted by Crippen LogP contribution is 2.23. The predicted molar refractivity (Wildman–Crippen MR) is 73.7 cm³/mol. The van der Waals surface area contributed by atoms with Crippen LogP contribution in [0.1, 0.15) is 17.0 Å². The van der Waals surface area contributed by atoms with Crippen molar-refractivity contribution in [3.63, 3.8) is 0 Å². The van der Waals surface area contributed by atoms with E-state index in [1.54, 1.807) is 19.1 Å². The molecule has 2 aromatic rings. The Morgan fingerprint density at radius 1 is 1.26 bits per heavy atom. The minimum atomic E-state index is -0.200. The summed E-state index contributed by atoms with van der Waals surface area (Å²) in [5, 5.41) is 8.55. The lowest BCUT2D eigenvalue weighted by molar-refractivity contribution is 0.900. The molecular formula is C12H13N5OS. The number of hydrogen-bond acceptors (Lipinski definition) is 5. The predicted octanol–water partition coefficient (Wildman–Crippen LogP) is 1.22. The van der Waals surface area contributed by atoms with E-state index in [4.69, 9.17) is 11.1 Å². The summed E-state index contributed by atoms with van der Waals surface area (Å²) in [6.45, 7) is 3.58. The largest absolute Gasteiger partial charge is 0.384 e. The lowest BCUT2D eigenvalue weighted by Gasteiger charge is -2.05. The molecule has 0 bridgehead atoms. The highest BCUT2D eigenvalue weighted by molar-refractivity contribution is 7.99. The fourth-order valence-electron chi connectivity index (χ4n) is 1.54. The van der Waals surface area contributed by atoms with Crippen molar-refractivity contribution in [3.05, 3.63) is 45.5 Å². The van der Waals surface area contributed by atoms with Crippen LogP contribution in [0.2, 0.25) is 0 Å². The molecule has 4 N–H and O–H groups in total. The van der Waals surface area contributed by atoms with Crippen molar-refractivity contribution in [2.45, 2.75) is 24.0 Å². The summed E-state index contributed by atoms with van der Waals surface area (Å²) in [4.78, 5) is 22.5. The standard InChI is InChI=1S/C12H13N5OS/c1-6-3-8(11(13)14)5-10(15-6)19-12-16-7(2)4-9(18)17-12/h3-5H,1-2H3,(H3,13,14)(H,16,17,18). The van der Waals surface area contributed by atoms with Gasteiger partial charge in [-0.3, -0.25) is 10.2 Å². The minimum Gasteiger partial charge on any atom is -0.384 e. The number of nitrogens with two attached hydrogens (primary N) is 1. The number of nitrogens with one attached hydrogen (secondary N) is 2. The van der Waals surface area contributed by atoms with Crippen LogP contribution in [0.4, 0.5) is 0 Å². The van der Waals surface area contributed by atoms with Crippen LogP contribution in [-0.2, 0) is 0 Å². The SMILES string of the molecule is Cc1cc(C(=N)N)cc(Sc2nc(C)cc(=O)[nH]2)n1. The van der Waals surface area contributed by atoms with E-state index in [0.29, 0.717) is 21.4 Å². The first-order valence-corrected chi connectivity index (χ1v) is 6.34. The zero-order valence-corrected chi connectivity index (χ0v) is 11.3. The lowest BCUT2D eigenvalue weighted by atomic mass is 10.2. The van der Waals surface area contributed by atoms with Gasteiger partial charge in [-0.05, 0) is 37.7 Å². The van der Waals surface area contributed by atoms with Gasteiger partial charge in [0.2, 0.25) is 0 Å². The third-order valence-corrected chi connectivity index (χ3v) is 3.10. The van der Waals surface area contributed by atoms with Gasteiger partial charge in [-0.1, -0.05) is 0 Å². The van der Waals surface area contributed by atoms with E-state index in [0.717, 1.165) is 5.69 Å². The van der Waals surface area contributed by atoms with Crippen LogP contribution >= 0.6 is 11.8 Å². The van der Waals surface area contributed by atoms with Crippen LogP contribution in [0.15, 0.2) is 33.2 Å². The van der Waals surface area contributed by atoms with Crippen molar-refractivity contribution < 1.29 is 0 Å². The molecule has 0 atom stereocenters. The number of aryl methyl sites for hydroxylation is 2. The maximum absolute atomic E-state index is 11.4. The van der Waals surface area contributed by atoms with Gasteiger partial charge < -0.3 is 10.7 Å². The second-order valence-electron chi connectivity index (χ2n) is 4.04. The normalized spacial score (nSPS) is 10.4. The lowest BCUT2D eigenvalue weighted by Crippen LogP contribution is -2.12. The van der Waals surface area contributed by atoms with Crippen molar-refractivity contribution in [1.29, 1.82) is 5.41 Å². The molecule has 19 heavy (non-hydrogen) atoms. The molecule has 2 rings (SSSR count). The number of H-pyrrole nitrogens is 1. The first-order valence-electron chi connectivity index (χ1n) is 5.53. The minimum absolute atomic E-state index is 0.0157. The second-order valence-corrected chi connectivity index (χ2v) is 5.05. The van der Waals surface area contributed by atoms with Crippen LogP contribution in [0, 0.1) is 19.3 Å². The van der Waals surface area contributed by atoms with E-state index in [1.165, 1.54) is 17.8 Å². The Morgan fingerprint density at radius 2 is 1.95 bits per heavy atom. The number of hydrogen-bond donors (Lipinski definition) is 3. The molecule has 2 aromatic heterocycles. The number of aromatic nitrogens is 3. The maximum atomic E-state index is 11.4. The summed E-state index contributed by atoms with van der Waals surface area (Å²) in [5.74, 6) is -0.0157. The van der Waals surface area contributed by atoms with Crippen molar-refractivity contribution in [1.82, 2.24) is 15.0 Å². The molecule has 0 amide bonds. The number of pyridine rings is 1. The smallest absolute Gasteiger partial charge is 0.251 e. The number of nitrogens with zero attached hydrogens (tertiary/aromatic N) is 2. The van der Waals surface area contributed by atoms with E-state index < -0.39 is 0 Å². The van der Waals surface area contributed by atoms with Crippen molar-refractivity contribution in [2.75, 3.05) is 0 Å². The number of rotatable bonds is 3. The number of nitrogen functional groups attached to an aromatic ring is 1. The van der Waals surface area contributed by atoms with Crippen LogP contribution in [-0.4, -0.2) is 20.8 Å². The Balaban J connectivity index is 2.37. The summed E-state index contributed by atoms with van der Waals surface area (Å²) in [7, 11) is 0. The molecule has 0 radical (unpaired) electrons. The van der Waals surface area contributed by atoms with Gasteiger partial charge in [0.1, 0.15) is 10.9 Å². The van der Waals surface area contributed by atoms with Crippen LogP contribution in [0.3, 0.4) is 0 Å². The molecule has 98 valence electrons. The first kappa shape index (κ1) is 13.3. The topological polar surface area (TPSA) is 109 Å². The molecule has 0 fully saturated rings. The molecule has 0 unspecified atom stereocenters. The van der Waals surface area contributed by atoms with Crippen molar-refractivity contribution in [2.24, 2.45) is 5.73 Å². The van der Waals surface area contributed by atoms with Crippen LogP contribution < -0.4 is 11.3 Å². The molecule has 0 saturated carbocycles. The van der Waals surface area contributed by atoms with Gasteiger partial charge in [0.05, 0.1) is 0 Å². The Bertz CT molecular complexity index is 695. The van der Waals surface area contributed by atoms with E-state index in [2.05, 4.69) is 15.0 Å². The summed E-state index contributed by atoms with van der Waals surface area (Å²) < 4.78 is 0. The van der Waals surface area contributed by atoms with E-state index in [9.17, 15) is 4.79 Å². The summed E-state index contributed by atoms with van der Waals surface area (Å²) in [6.07, 6.45) is 0. The van der Waals surface area contributed by atoms with Gasteiger partial charge in [-0.25, -0.2) is 9.97 Å². The monoisotopic (exact) mass is 275 g/mol. The van der Waals surface area contributed by atoms with Gasteiger partial charge in [-0.15, -0.1) is 0 Å². The average molecular weight is 275 g/mol. The average Bonchev–Trinajstić information content (AvgIpc) is 2.26. The molecule has 0 saturated heterocycles. The van der Waals surface area contributed by atoms with Gasteiger partial charge in [0.15, 0.2) is 5.16 Å². The first-order chi connectivity index (χ1) is 8.94. The number of amidine groups is 1. The molecular weight excluding hydrogens is 262 g/mol. The van der Waals surface area contributed by atoms with E-state index in [1.807, 2.05) is 6.92 Å². The fourth-order valence-corrected chi connectivity index (χ4v) is 2.46. The molecule has 0 aromatic carbocycles. The highest BCUT2D eigenvalue weighted by Gasteiger charge is 2.06. The zero-order chi connectivity index (χ0) is 14.0. The van der Waals surface area contributed by atoms with Gasteiger partial charge in [0.25, 0.3) is 5.56 Å². The third-order valence-electron chi connectivity index (χ3n) is 2.29. The number of aromatic amines is 1.